The molecule has 3 unspecified atom stereocenters. The number of nitrogens with one attached hydrogen (secondary N) is 1. The smallest absolute Gasteiger partial charge is 0.137 e. The van der Waals surface area contributed by atoms with Crippen molar-refractivity contribution in [1.29, 1.82) is 0 Å². The van der Waals surface area contributed by atoms with Crippen LogP contribution < -0.4 is 10.1 Å². The van der Waals surface area contributed by atoms with E-state index in [9.17, 15) is 0 Å². The summed E-state index contributed by atoms with van der Waals surface area (Å²) >= 11 is 0. The average molecular weight is 260 g/mol. The lowest BCUT2D eigenvalue weighted by molar-refractivity contribution is 0.214. The van der Waals surface area contributed by atoms with E-state index < -0.39 is 0 Å². The van der Waals surface area contributed by atoms with Crippen molar-refractivity contribution in [3.05, 3.63) is 24.0 Å². The zero-order valence-corrected chi connectivity index (χ0v) is 11.8. The lowest BCUT2D eigenvalue weighted by Crippen LogP contribution is -2.46. The maximum absolute atomic E-state index is 5.84. The topological polar surface area (TPSA) is 34.1 Å². The second-order valence-corrected chi connectivity index (χ2v) is 5.94. The van der Waals surface area contributed by atoms with E-state index >= 15 is 0 Å². The summed E-state index contributed by atoms with van der Waals surface area (Å²) in [6.07, 6.45) is 10.4. The molecule has 104 valence electrons. The van der Waals surface area contributed by atoms with Crippen molar-refractivity contribution in [1.82, 2.24) is 10.3 Å². The van der Waals surface area contributed by atoms with Gasteiger partial charge in [0.05, 0.1) is 6.20 Å². The first-order chi connectivity index (χ1) is 9.36. The van der Waals surface area contributed by atoms with Gasteiger partial charge >= 0.3 is 0 Å². The summed E-state index contributed by atoms with van der Waals surface area (Å²) in [7, 11) is 0. The normalized spacial score (nSPS) is 29.4. The standard InChI is InChI=1S/C16H24N2O/c1-2-3-12-4-5-16(12)13-8-15(10-17-9-13)19-11-14-6-7-18-14/h8-10,12,14,16,18H,2-7,11H2,1H3. The maximum atomic E-state index is 5.84. The minimum absolute atomic E-state index is 0.542. The fourth-order valence-corrected chi connectivity index (χ4v) is 3.13. The van der Waals surface area contributed by atoms with Gasteiger partial charge in [0.2, 0.25) is 0 Å². The number of pyridine rings is 1. The van der Waals surface area contributed by atoms with E-state index in [1.807, 2.05) is 12.4 Å². The average Bonchev–Trinajstić information content (AvgIpc) is 2.33. The first-order valence-corrected chi connectivity index (χ1v) is 7.68. The lowest BCUT2D eigenvalue weighted by atomic mass is 9.68. The van der Waals surface area contributed by atoms with Crippen LogP contribution in [0.5, 0.6) is 5.75 Å². The Balaban J connectivity index is 1.59. The predicted octanol–water partition coefficient (Wildman–Crippen LogP) is 3.12. The van der Waals surface area contributed by atoms with Gasteiger partial charge in [0.15, 0.2) is 0 Å². The van der Waals surface area contributed by atoms with Crippen molar-refractivity contribution in [2.45, 2.75) is 51.0 Å². The SMILES string of the molecule is CCCC1CCC1c1cncc(OCC2CCN2)c1. The second kappa shape index (κ2) is 5.91. The number of aromatic nitrogens is 1. The van der Waals surface area contributed by atoms with Gasteiger partial charge in [0.1, 0.15) is 12.4 Å². The van der Waals surface area contributed by atoms with E-state index in [1.54, 1.807) is 0 Å². The van der Waals surface area contributed by atoms with Gasteiger partial charge in [-0.15, -0.1) is 0 Å². The molecule has 1 aromatic rings. The number of hydrogen-bond acceptors (Lipinski definition) is 3. The number of hydrogen-bond donors (Lipinski definition) is 1. The Kier molecular flexibility index (Phi) is 4.02. The first-order valence-electron chi connectivity index (χ1n) is 7.68. The largest absolute Gasteiger partial charge is 0.490 e. The van der Waals surface area contributed by atoms with Crippen molar-refractivity contribution in [3.8, 4) is 5.75 Å². The molecule has 3 heteroatoms. The first kappa shape index (κ1) is 12.9. The highest BCUT2D eigenvalue weighted by Crippen LogP contribution is 2.45. The molecule has 1 N–H and O–H groups in total. The molecule has 0 aromatic carbocycles. The van der Waals surface area contributed by atoms with Gasteiger partial charge in [-0.2, -0.15) is 0 Å². The van der Waals surface area contributed by atoms with Crippen LogP contribution in [0.15, 0.2) is 18.5 Å². The molecule has 0 spiro atoms. The van der Waals surface area contributed by atoms with Gasteiger partial charge in [0.25, 0.3) is 0 Å². The summed E-state index contributed by atoms with van der Waals surface area (Å²) in [5.74, 6) is 2.53. The minimum atomic E-state index is 0.542. The molecule has 0 bridgehead atoms. The number of rotatable bonds is 6. The summed E-state index contributed by atoms with van der Waals surface area (Å²) in [6.45, 7) is 4.18. The van der Waals surface area contributed by atoms with Gasteiger partial charge in [-0.1, -0.05) is 19.8 Å². The van der Waals surface area contributed by atoms with Gasteiger partial charge in [-0.3, -0.25) is 4.98 Å². The Morgan fingerprint density at radius 3 is 2.84 bits per heavy atom. The summed E-state index contributed by atoms with van der Waals surface area (Å²) in [6, 6.07) is 2.75. The van der Waals surface area contributed by atoms with Crippen molar-refractivity contribution in [2.75, 3.05) is 13.2 Å². The highest BCUT2D eigenvalue weighted by atomic mass is 16.5. The monoisotopic (exact) mass is 260 g/mol. The summed E-state index contributed by atoms with van der Waals surface area (Å²) in [4.78, 5) is 4.36. The zero-order valence-electron chi connectivity index (χ0n) is 11.8. The summed E-state index contributed by atoms with van der Waals surface area (Å²) in [5.41, 5.74) is 1.38. The van der Waals surface area contributed by atoms with E-state index in [0.717, 1.165) is 30.7 Å². The molecule has 0 amide bonds. The van der Waals surface area contributed by atoms with E-state index in [4.69, 9.17) is 4.74 Å². The molecular formula is C16H24N2O. The van der Waals surface area contributed by atoms with Gasteiger partial charge < -0.3 is 10.1 Å². The van der Waals surface area contributed by atoms with Crippen molar-refractivity contribution < 1.29 is 4.74 Å². The van der Waals surface area contributed by atoms with Crippen LogP contribution in [-0.2, 0) is 0 Å². The number of nitrogens with zero attached hydrogens (tertiary/aromatic N) is 1. The van der Waals surface area contributed by atoms with E-state index in [0.29, 0.717) is 6.04 Å². The lowest BCUT2D eigenvalue weighted by Gasteiger charge is -2.37. The van der Waals surface area contributed by atoms with E-state index in [1.165, 1.54) is 37.7 Å². The van der Waals surface area contributed by atoms with Crippen LogP contribution in [0.25, 0.3) is 0 Å². The Morgan fingerprint density at radius 2 is 2.21 bits per heavy atom. The molecule has 1 saturated heterocycles. The van der Waals surface area contributed by atoms with Crippen molar-refractivity contribution >= 4 is 0 Å². The van der Waals surface area contributed by atoms with E-state index in [-0.39, 0.29) is 0 Å². The van der Waals surface area contributed by atoms with Gasteiger partial charge in [-0.25, -0.2) is 0 Å². The molecule has 1 aliphatic carbocycles. The highest BCUT2D eigenvalue weighted by molar-refractivity contribution is 5.28. The number of ether oxygens (including phenoxy) is 1. The third-order valence-electron chi connectivity index (χ3n) is 4.62. The molecule has 3 nitrogen and oxygen atoms in total. The second-order valence-electron chi connectivity index (χ2n) is 5.94. The van der Waals surface area contributed by atoms with Crippen LogP contribution >= 0.6 is 0 Å². The van der Waals surface area contributed by atoms with Crippen molar-refractivity contribution in [3.63, 3.8) is 0 Å². The van der Waals surface area contributed by atoms with Crippen LogP contribution in [0.1, 0.15) is 50.5 Å². The van der Waals surface area contributed by atoms with Crippen LogP contribution in [0.2, 0.25) is 0 Å². The molecule has 2 heterocycles. The Hall–Kier alpha value is -1.09. The molecule has 1 aromatic heterocycles. The molecule has 0 radical (unpaired) electrons. The highest BCUT2D eigenvalue weighted by Gasteiger charge is 2.31. The minimum Gasteiger partial charge on any atom is -0.490 e. The Labute approximate surface area is 115 Å². The predicted molar refractivity (Wildman–Crippen MR) is 76.5 cm³/mol. The zero-order chi connectivity index (χ0) is 13.1. The third kappa shape index (κ3) is 2.92. The molecule has 1 aliphatic heterocycles. The summed E-state index contributed by atoms with van der Waals surface area (Å²) in [5, 5.41) is 3.35. The van der Waals surface area contributed by atoms with Crippen LogP contribution in [-0.4, -0.2) is 24.2 Å². The Morgan fingerprint density at radius 1 is 1.32 bits per heavy atom. The van der Waals surface area contributed by atoms with E-state index in [2.05, 4.69) is 23.3 Å². The fraction of sp³-hybridized carbons (Fsp3) is 0.688. The summed E-state index contributed by atoms with van der Waals surface area (Å²) < 4.78 is 5.84. The fourth-order valence-electron chi connectivity index (χ4n) is 3.13. The maximum Gasteiger partial charge on any atom is 0.137 e. The molecule has 3 rings (SSSR count). The van der Waals surface area contributed by atoms with Crippen LogP contribution in [0.4, 0.5) is 0 Å². The van der Waals surface area contributed by atoms with Crippen LogP contribution in [0.3, 0.4) is 0 Å². The third-order valence-corrected chi connectivity index (χ3v) is 4.62. The quantitative estimate of drug-likeness (QED) is 0.853. The molecular weight excluding hydrogens is 236 g/mol. The Bertz CT molecular complexity index is 417. The molecule has 1 saturated carbocycles. The van der Waals surface area contributed by atoms with Crippen LogP contribution in [0, 0.1) is 5.92 Å². The molecule has 2 fully saturated rings. The van der Waals surface area contributed by atoms with Gasteiger partial charge in [0, 0.05) is 12.2 Å². The van der Waals surface area contributed by atoms with Gasteiger partial charge in [-0.05, 0) is 49.3 Å². The molecule has 3 atom stereocenters. The molecule has 2 aliphatic rings. The van der Waals surface area contributed by atoms with Crippen molar-refractivity contribution in [2.24, 2.45) is 5.92 Å². The molecule has 19 heavy (non-hydrogen) atoms.